The molecule has 170 valence electrons. The quantitative estimate of drug-likeness (QED) is 0.635. The Hall–Kier alpha value is -3.06. The summed E-state index contributed by atoms with van der Waals surface area (Å²) in [5.74, 6) is -0.529. The third-order valence-corrected chi connectivity index (χ3v) is 5.78. The lowest BCUT2D eigenvalue weighted by atomic mass is 10.0. The molecule has 0 saturated carbocycles. The lowest BCUT2D eigenvalue weighted by Crippen LogP contribution is -2.50. The maximum atomic E-state index is 13.4. The minimum absolute atomic E-state index is 0.196. The molecular weight excluding hydrogens is 430 g/mol. The fourth-order valence-electron chi connectivity index (χ4n) is 3.83. The molecule has 3 amide bonds. The second-order valence-corrected chi connectivity index (χ2v) is 7.94. The van der Waals surface area contributed by atoms with E-state index in [9.17, 15) is 14.4 Å². The highest BCUT2D eigenvalue weighted by Gasteiger charge is 2.38. The summed E-state index contributed by atoms with van der Waals surface area (Å²) in [4.78, 5) is 39.9. The van der Waals surface area contributed by atoms with Crippen LogP contribution < -0.4 is 10.6 Å². The first-order chi connectivity index (χ1) is 15.5. The molecule has 1 aliphatic heterocycles. The van der Waals surface area contributed by atoms with Crippen molar-refractivity contribution in [1.29, 1.82) is 0 Å². The normalized spacial score (nSPS) is 16.3. The third-order valence-electron chi connectivity index (χ3n) is 5.41. The van der Waals surface area contributed by atoms with Gasteiger partial charge in [0.2, 0.25) is 5.91 Å². The molecule has 1 aliphatic rings. The molecule has 7 nitrogen and oxygen atoms in total. The topological polar surface area (TPSA) is 87.7 Å². The van der Waals surface area contributed by atoms with Crippen LogP contribution in [0.4, 0.5) is 4.79 Å². The molecule has 0 radical (unpaired) electrons. The smallest absolute Gasteiger partial charge is 0.408 e. The molecule has 0 spiro atoms. The van der Waals surface area contributed by atoms with Gasteiger partial charge in [0, 0.05) is 18.1 Å². The number of ether oxygens (including phenoxy) is 1. The summed E-state index contributed by atoms with van der Waals surface area (Å²) in [5.41, 5.74) is 1.59. The maximum Gasteiger partial charge on any atom is 0.408 e. The number of nitrogens with zero attached hydrogens (tertiary/aromatic N) is 1. The Kier molecular flexibility index (Phi) is 8.50. The number of alkyl carbamates (subject to hydrolysis) is 1. The van der Waals surface area contributed by atoms with Gasteiger partial charge in [-0.3, -0.25) is 9.59 Å². The van der Waals surface area contributed by atoms with Crippen LogP contribution in [-0.2, 0) is 20.7 Å². The van der Waals surface area contributed by atoms with Crippen molar-refractivity contribution in [3.05, 3.63) is 70.7 Å². The van der Waals surface area contributed by atoms with E-state index in [-0.39, 0.29) is 18.4 Å². The van der Waals surface area contributed by atoms with E-state index >= 15 is 0 Å². The molecule has 0 unspecified atom stereocenters. The van der Waals surface area contributed by atoms with Gasteiger partial charge in [0.05, 0.1) is 6.61 Å². The molecule has 0 aromatic heterocycles. The molecular formula is C24H28ClN3O4. The zero-order valence-electron chi connectivity index (χ0n) is 18.1. The van der Waals surface area contributed by atoms with Crippen LogP contribution in [0, 0.1) is 0 Å². The number of hydrogen-bond donors (Lipinski definition) is 2. The molecule has 1 fully saturated rings. The zero-order valence-corrected chi connectivity index (χ0v) is 18.8. The number of rotatable bonds is 8. The van der Waals surface area contributed by atoms with E-state index < -0.39 is 18.2 Å². The van der Waals surface area contributed by atoms with Crippen molar-refractivity contribution in [2.45, 2.75) is 38.3 Å². The van der Waals surface area contributed by atoms with Crippen LogP contribution >= 0.6 is 11.6 Å². The largest absolute Gasteiger partial charge is 0.450 e. The fourth-order valence-corrected chi connectivity index (χ4v) is 4.06. The Morgan fingerprint density at radius 3 is 2.56 bits per heavy atom. The van der Waals surface area contributed by atoms with Gasteiger partial charge in [-0.25, -0.2) is 4.79 Å². The van der Waals surface area contributed by atoms with Crippen molar-refractivity contribution in [2.24, 2.45) is 0 Å². The highest BCUT2D eigenvalue weighted by atomic mass is 35.5. The van der Waals surface area contributed by atoms with Gasteiger partial charge in [-0.1, -0.05) is 60.1 Å². The van der Waals surface area contributed by atoms with Gasteiger partial charge in [0.15, 0.2) is 0 Å². The summed E-state index contributed by atoms with van der Waals surface area (Å²) in [6.45, 7) is 2.77. The van der Waals surface area contributed by atoms with Crippen molar-refractivity contribution in [1.82, 2.24) is 15.5 Å². The number of carbonyl (C=O) groups is 3. The van der Waals surface area contributed by atoms with Crippen LogP contribution in [0.25, 0.3) is 0 Å². The Morgan fingerprint density at radius 1 is 1.12 bits per heavy atom. The maximum absolute atomic E-state index is 13.4. The highest BCUT2D eigenvalue weighted by Crippen LogP contribution is 2.24. The predicted molar refractivity (Wildman–Crippen MR) is 122 cm³/mol. The second kappa shape index (κ2) is 11.5. The molecule has 2 N–H and O–H groups in total. The minimum Gasteiger partial charge on any atom is -0.450 e. The minimum atomic E-state index is -0.924. The molecule has 3 rings (SSSR count). The number of nitrogens with one attached hydrogen (secondary N) is 2. The lowest BCUT2D eigenvalue weighted by molar-refractivity contribution is -0.140. The molecule has 2 aromatic carbocycles. The van der Waals surface area contributed by atoms with Gasteiger partial charge in [-0.2, -0.15) is 0 Å². The number of hydrogen-bond acceptors (Lipinski definition) is 4. The summed E-state index contributed by atoms with van der Waals surface area (Å²) >= 11 is 6.18. The summed E-state index contributed by atoms with van der Waals surface area (Å²) < 4.78 is 4.97. The van der Waals surface area contributed by atoms with Crippen LogP contribution in [0.1, 0.15) is 36.9 Å². The second-order valence-electron chi connectivity index (χ2n) is 7.53. The van der Waals surface area contributed by atoms with Crippen LogP contribution in [0.5, 0.6) is 0 Å². The molecule has 1 heterocycles. The van der Waals surface area contributed by atoms with Gasteiger partial charge < -0.3 is 20.3 Å². The third kappa shape index (κ3) is 6.01. The van der Waals surface area contributed by atoms with E-state index in [0.29, 0.717) is 36.5 Å². The highest BCUT2D eigenvalue weighted by molar-refractivity contribution is 6.31. The van der Waals surface area contributed by atoms with E-state index in [1.54, 1.807) is 36.1 Å². The monoisotopic (exact) mass is 457 g/mol. The Labute approximate surface area is 193 Å². The van der Waals surface area contributed by atoms with E-state index in [1.807, 2.05) is 30.3 Å². The first-order valence-corrected chi connectivity index (χ1v) is 11.2. The van der Waals surface area contributed by atoms with Crippen LogP contribution in [0.15, 0.2) is 54.6 Å². The predicted octanol–water partition coefficient (Wildman–Crippen LogP) is 3.48. The van der Waals surface area contributed by atoms with Gasteiger partial charge in [-0.05, 0) is 43.4 Å². The SMILES string of the molecule is CCOC(=O)N[C@H](C(=O)N1CCC[C@H]1C(=O)NCCc1ccccc1Cl)c1ccccc1. The van der Waals surface area contributed by atoms with E-state index in [2.05, 4.69) is 10.6 Å². The number of halogens is 1. The van der Waals surface area contributed by atoms with Crippen LogP contribution in [0.3, 0.4) is 0 Å². The van der Waals surface area contributed by atoms with Crippen LogP contribution in [0.2, 0.25) is 5.02 Å². The first-order valence-electron chi connectivity index (χ1n) is 10.8. The average molecular weight is 458 g/mol. The average Bonchev–Trinajstić information content (AvgIpc) is 3.29. The zero-order chi connectivity index (χ0) is 22.9. The molecule has 1 saturated heterocycles. The van der Waals surface area contributed by atoms with Crippen molar-refractivity contribution in [2.75, 3.05) is 19.7 Å². The van der Waals surface area contributed by atoms with Gasteiger partial charge >= 0.3 is 6.09 Å². The molecule has 2 aromatic rings. The van der Waals surface area contributed by atoms with E-state index in [4.69, 9.17) is 16.3 Å². The first kappa shape index (κ1) is 23.6. The number of amides is 3. The standard InChI is InChI=1S/C24H28ClN3O4/c1-2-32-24(31)27-21(18-10-4-3-5-11-18)23(30)28-16-8-13-20(28)22(29)26-15-14-17-9-6-7-12-19(17)25/h3-7,9-12,20-21H,2,8,13-16H2,1H3,(H,26,29)(H,27,31)/t20-,21-/m0/s1. The molecule has 0 bridgehead atoms. The molecule has 32 heavy (non-hydrogen) atoms. The fraction of sp³-hybridized carbons (Fsp3) is 0.375. The summed E-state index contributed by atoms with van der Waals surface area (Å²) in [7, 11) is 0. The Morgan fingerprint density at radius 2 is 1.84 bits per heavy atom. The van der Waals surface area contributed by atoms with Gasteiger partial charge in [0.25, 0.3) is 5.91 Å². The van der Waals surface area contributed by atoms with Crippen molar-refractivity contribution < 1.29 is 19.1 Å². The molecule has 0 aliphatic carbocycles. The Bertz CT molecular complexity index is 938. The van der Waals surface area contributed by atoms with Crippen molar-refractivity contribution >= 4 is 29.5 Å². The van der Waals surface area contributed by atoms with Crippen LogP contribution in [-0.4, -0.2) is 48.5 Å². The van der Waals surface area contributed by atoms with E-state index in [1.165, 1.54) is 0 Å². The summed E-state index contributed by atoms with van der Waals surface area (Å²) in [5, 5.41) is 6.23. The number of likely N-dealkylation sites (tertiary alicyclic amines) is 1. The number of benzene rings is 2. The van der Waals surface area contributed by atoms with Crippen molar-refractivity contribution in [3.63, 3.8) is 0 Å². The summed E-state index contributed by atoms with van der Waals surface area (Å²) in [6, 6.07) is 15.0. The number of carbonyl (C=O) groups excluding carboxylic acids is 3. The lowest BCUT2D eigenvalue weighted by Gasteiger charge is -2.28. The van der Waals surface area contributed by atoms with Crippen molar-refractivity contribution in [3.8, 4) is 0 Å². The Balaban J connectivity index is 1.67. The van der Waals surface area contributed by atoms with E-state index in [0.717, 1.165) is 12.0 Å². The summed E-state index contributed by atoms with van der Waals surface area (Å²) in [6.07, 6.45) is 1.22. The molecule has 2 atom stereocenters. The molecule has 8 heteroatoms. The van der Waals surface area contributed by atoms with Gasteiger partial charge in [0.1, 0.15) is 12.1 Å². The van der Waals surface area contributed by atoms with Gasteiger partial charge in [-0.15, -0.1) is 0 Å².